The third-order valence-electron chi connectivity index (χ3n) is 3.07. The fourth-order valence-corrected chi connectivity index (χ4v) is 4.32. The van der Waals surface area contributed by atoms with Crippen LogP contribution in [-0.2, 0) is 14.6 Å². The molecule has 1 fully saturated rings. The van der Waals surface area contributed by atoms with Crippen LogP contribution in [0.3, 0.4) is 0 Å². The van der Waals surface area contributed by atoms with Crippen molar-refractivity contribution in [3.8, 4) is 0 Å². The molecule has 1 aromatic heterocycles. The Morgan fingerprint density at radius 2 is 2.33 bits per heavy atom. The quantitative estimate of drug-likeness (QED) is 0.789. The second-order valence-electron chi connectivity index (χ2n) is 4.40. The minimum absolute atomic E-state index is 0.0849. The van der Waals surface area contributed by atoms with Gasteiger partial charge in [-0.05, 0) is 34.9 Å². The number of hydrogen-bond donors (Lipinski definition) is 0. The molecule has 4 nitrogen and oxygen atoms in total. The van der Waals surface area contributed by atoms with Gasteiger partial charge in [0.1, 0.15) is 0 Å². The lowest BCUT2D eigenvalue weighted by molar-refractivity contribution is -0.126. The van der Waals surface area contributed by atoms with Crippen molar-refractivity contribution in [3.05, 3.63) is 28.5 Å². The fraction of sp³-hybridized carbons (Fsp3) is 0.417. The molecule has 98 valence electrons. The fourth-order valence-electron chi connectivity index (χ4n) is 1.92. The van der Waals surface area contributed by atoms with Crippen molar-refractivity contribution >= 4 is 33.2 Å². The molecule has 1 saturated heterocycles. The Bertz CT molecular complexity index is 546. The van der Waals surface area contributed by atoms with Gasteiger partial charge in [0.25, 0.3) is 0 Å². The molecule has 0 saturated carbocycles. The first-order valence-electron chi connectivity index (χ1n) is 5.65. The zero-order valence-corrected chi connectivity index (χ0v) is 11.7. The molecule has 1 aliphatic heterocycles. The zero-order valence-electron chi connectivity index (χ0n) is 10.1. The molecule has 0 N–H and O–H groups in total. The molecular weight excluding hydrogens is 270 g/mol. The standard InChI is InChI=1S/C12H15NO3S2/c1-13(11-5-7-18(15,16)9-11)12(14)3-2-10-4-6-17-8-10/h2-4,6,8,11H,5,7,9H2,1H3/b3-2+/t11-/m0/s1. The van der Waals surface area contributed by atoms with E-state index in [1.54, 1.807) is 24.5 Å². The van der Waals surface area contributed by atoms with Gasteiger partial charge < -0.3 is 4.90 Å². The van der Waals surface area contributed by atoms with Crippen molar-refractivity contribution < 1.29 is 13.2 Å². The van der Waals surface area contributed by atoms with Crippen molar-refractivity contribution in [1.29, 1.82) is 0 Å². The lowest BCUT2D eigenvalue weighted by atomic mass is 10.2. The molecule has 2 rings (SSSR count). The Kier molecular flexibility index (Phi) is 3.87. The predicted octanol–water partition coefficient (Wildman–Crippen LogP) is 1.41. The first-order chi connectivity index (χ1) is 8.48. The van der Waals surface area contributed by atoms with Crippen LogP contribution in [0.4, 0.5) is 0 Å². The molecule has 0 spiro atoms. The van der Waals surface area contributed by atoms with Gasteiger partial charge in [-0.2, -0.15) is 11.3 Å². The number of hydrogen-bond acceptors (Lipinski definition) is 4. The van der Waals surface area contributed by atoms with E-state index in [-0.39, 0.29) is 23.5 Å². The van der Waals surface area contributed by atoms with Crippen molar-refractivity contribution in [2.24, 2.45) is 0 Å². The summed E-state index contributed by atoms with van der Waals surface area (Å²) in [5, 5.41) is 3.89. The third-order valence-corrected chi connectivity index (χ3v) is 5.52. The Balaban J connectivity index is 1.97. The van der Waals surface area contributed by atoms with Crippen LogP contribution in [0.2, 0.25) is 0 Å². The van der Waals surface area contributed by atoms with Crippen molar-refractivity contribution in [3.63, 3.8) is 0 Å². The topological polar surface area (TPSA) is 54.5 Å². The molecule has 0 radical (unpaired) electrons. The van der Waals surface area contributed by atoms with Crippen LogP contribution in [0.25, 0.3) is 6.08 Å². The summed E-state index contributed by atoms with van der Waals surface area (Å²) < 4.78 is 22.7. The minimum atomic E-state index is -2.95. The third kappa shape index (κ3) is 3.20. The van der Waals surface area contributed by atoms with E-state index >= 15 is 0 Å². The highest BCUT2D eigenvalue weighted by Gasteiger charge is 2.31. The summed E-state index contributed by atoms with van der Waals surface area (Å²) in [6, 6.07) is 1.74. The first kappa shape index (κ1) is 13.3. The number of carbonyl (C=O) groups excluding carboxylic acids is 1. The van der Waals surface area contributed by atoms with Gasteiger partial charge in [-0.15, -0.1) is 0 Å². The van der Waals surface area contributed by atoms with E-state index in [0.717, 1.165) is 5.56 Å². The van der Waals surface area contributed by atoms with Crippen LogP contribution in [0.1, 0.15) is 12.0 Å². The van der Waals surface area contributed by atoms with E-state index < -0.39 is 9.84 Å². The molecule has 6 heteroatoms. The second-order valence-corrected chi connectivity index (χ2v) is 7.40. The SMILES string of the molecule is CN(C(=O)/C=C/c1ccsc1)[C@H]1CCS(=O)(=O)C1. The second kappa shape index (κ2) is 5.24. The molecule has 1 aromatic rings. The molecule has 0 unspecified atom stereocenters. The Hall–Kier alpha value is -1.14. The summed E-state index contributed by atoms with van der Waals surface area (Å²) in [5.41, 5.74) is 0.987. The van der Waals surface area contributed by atoms with E-state index in [1.807, 2.05) is 16.8 Å². The molecular formula is C12H15NO3S2. The Morgan fingerprint density at radius 1 is 1.56 bits per heavy atom. The Labute approximate surface area is 111 Å². The van der Waals surface area contributed by atoms with Crippen molar-refractivity contribution in [1.82, 2.24) is 4.90 Å². The summed E-state index contributed by atoms with van der Waals surface area (Å²) >= 11 is 1.57. The molecule has 1 amide bonds. The first-order valence-corrected chi connectivity index (χ1v) is 8.42. The van der Waals surface area contributed by atoms with Gasteiger partial charge in [0.2, 0.25) is 5.91 Å². The van der Waals surface area contributed by atoms with Crippen LogP contribution in [0.15, 0.2) is 22.9 Å². The summed E-state index contributed by atoms with van der Waals surface area (Å²) in [6.07, 6.45) is 3.78. The maximum Gasteiger partial charge on any atom is 0.246 e. The lowest BCUT2D eigenvalue weighted by Gasteiger charge is -2.21. The van der Waals surface area contributed by atoms with Crippen LogP contribution in [-0.4, -0.2) is 43.8 Å². The molecule has 2 heterocycles. The van der Waals surface area contributed by atoms with Crippen molar-refractivity contribution in [2.45, 2.75) is 12.5 Å². The number of nitrogens with zero attached hydrogens (tertiary/aromatic N) is 1. The Morgan fingerprint density at radius 3 is 2.89 bits per heavy atom. The largest absolute Gasteiger partial charge is 0.338 e. The summed E-state index contributed by atoms with van der Waals surface area (Å²) in [5.74, 6) is 0.119. The summed E-state index contributed by atoms with van der Waals surface area (Å²) in [7, 11) is -1.29. The average Bonchev–Trinajstić information content (AvgIpc) is 2.94. The minimum Gasteiger partial charge on any atom is -0.338 e. The molecule has 0 aromatic carbocycles. The van der Waals surface area contributed by atoms with Gasteiger partial charge in [-0.1, -0.05) is 0 Å². The van der Waals surface area contributed by atoms with Crippen LogP contribution < -0.4 is 0 Å². The highest BCUT2D eigenvalue weighted by atomic mass is 32.2. The van der Waals surface area contributed by atoms with Crippen molar-refractivity contribution in [2.75, 3.05) is 18.6 Å². The highest BCUT2D eigenvalue weighted by Crippen LogP contribution is 2.17. The van der Waals surface area contributed by atoms with Gasteiger partial charge in [0.15, 0.2) is 9.84 Å². The molecule has 18 heavy (non-hydrogen) atoms. The maximum atomic E-state index is 11.9. The van der Waals surface area contributed by atoms with Gasteiger partial charge in [-0.3, -0.25) is 4.79 Å². The van der Waals surface area contributed by atoms with E-state index in [4.69, 9.17) is 0 Å². The summed E-state index contributed by atoms with van der Waals surface area (Å²) in [4.78, 5) is 13.4. The number of rotatable bonds is 3. The molecule has 1 aliphatic rings. The normalized spacial score (nSPS) is 22.4. The molecule has 0 bridgehead atoms. The van der Waals surface area contributed by atoms with Gasteiger partial charge in [-0.25, -0.2) is 8.42 Å². The zero-order chi connectivity index (χ0) is 13.2. The molecule has 0 aliphatic carbocycles. The van der Waals surface area contributed by atoms with Gasteiger partial charge in [0.05, 0.1) is 11.5 Å². The number of thiophene rings is 1. The van der Waals surface area contributed by atoms with E-state index in [0.29, 0.717) is 6.42 Å². The van der Waals surface area contributed by atoms with Gasteiger partial charge in [0, 0.05) is 19.2 Å². The maximum absolute atomic E-state index is 11.9. The number of amides is 1. The predicted molar refractivity (Wildman–Crippen MR) is 73.2 cm³/mol. The van der Waals surface area contributed by atoms with Crippen LogP contribution in [0, 0.1) is 0 Å². The van der Waals surface area contributed by atoms with Crippen LogP contribution >= 0.6 is 11.3 Å². The number of likely N-dealkylation sites (N-methyl/N-ethyl adjacent to an activating group) is 1. The summed E-state index contributed by atoms with van der Waals surface area (Å²) in [6.45, 7) is 0. The molecule has 1 atom stereocenters. The van der Waals surface area contributed by atoms with E-state index in [2.05, 4.69) is 0 Å². The van der Waals surface area contributed by atoms with E-state index in [1.165, 1.54) is 11.0 Å². The van der Waals surface area contributed by atoms with E-state index in [9.17, 15) is 13.2 Å². The highest BCUT2D eigenvalue weighted by molar-refractivity contribution is 7.91. The lowest BCUT2D eigenvalue weighted by Crippen LogP contribution is -2.36. The number of carbonyl (C=O) groups is 1. The smallest absolute Gasteiger partial charge is 0.246 e. The average molecular weight is 285 g/mol. The van der Waals surface area contributed by atoms with Gasteiger partial charge >= 0.3 is 0 Å². The van der Waals surface area contributed by atoms with Crippen LogP contribution in [0.5, 0.6) is 0 Å². The monoisotopic (exact) mass is 285 g/mol. The number of sulfone groups is 1.